The number of morpholine rings is 1. The first-order valence-corrected chi connectivity index (χ1v) is 11.8. The van der Waals surface area contributed by atoms with Gasteiger partial charge in [0.1, 0.15) is 24.7 Å². The molecular formula is C28H32N2O4. The summed E-state index contributed by atoms with van der Waals surface area (Å²) in [7, 11) is 0. The van der Waals surface area contributed by atoms with E-state index in [4.69, 9.17) is 14.2 Å². The van der Waals surface area contributed by atoms with Crippen LogP contribution in [0, 0.1) is 0 Å². The van der Waals surface area contributed by atoms with E-state index in [-0.39, 0.29) is 12.0 Å². The van der Waals surface area contributed by atoms with Crippen LogP contribution < -0.4 is 14.8 Å². The molecule has 0 aromatic heterocycles. The molecule has 4 rings (SSSR count). The average molecular weight is 461 g/mol. The van der Waals surface area contributed by atoms with Crippen molar-refractivity contribution in [1.29, 1.82) is 0 Å². The maximum atomic E-state index is 12.9. The molecule has 1 aliphatic rings. The van der Waals surface area contributed by atoms with Crippen LogP contribution in [0.5, 0.6) is 11.5 Å². The largest absolute Gasteiger partial charge is 0.490 e. The number of hydrogen-bond acceptors (Lipinski definition) is 5. The lowest BCUT2D eigenvalue weighted by Gasteiger charge is -2.31. The van der Waals surface area contributed by atoms with Crippen LogP contribution in [0.4, 0.5) is 0 Å². The zero-order valence-electron chi connectivity index (χ0n) is 19.6. The minimum Gasteiger partial charge on any atom is -0.490 e. The highest BCUT2D eigenvalue weighted by molar-refractivity contribution is 5.96. The Kier molecular flexibility index (Phi) is 8.54. The number of nitrogens with one attached hydrogen (secondary N) is 1. The maximum Gasteiger partial charge on any atom is 0.255 e. The quantitative estimate of drug-likeness (QED) is 0.457. The lowest BCUT2D eigenvalue weighted by molar-refractivity contribution is -0.0212. The van der Waals surface area contributed by atoms with Crippen LogP contribution in [-0.4, -0.2) is 49.8 Å². The highest BCUT2D eigenvalue weighted by atomic mass is 16.5. The molecule has 1 fully saturated rings. The molecule has 0 bridgehead atoms. The fourth-order valence-electron chi connectivity index (χ4n) is 4.02. The van der Waals surface area contributed by atoms with Crippen LogP contribution in [0.3, 0.4) is 0 Å². The third-order valence-electron chi connectivity index (χ3n) is 5.66. The summed E-state index contributed by atoms with van der Waals surface area (Å²) in [6.07, 6.45) is 0.267. The number of benzene rings is 3. The van der Waals surface area contributed by atoms with Crippen molar-refractivity contribution in [3.05, 3.63) is 95.6 Å². The molecule has 0 aliphatic carbocycles. The summed E-state index contributed by atoms with van der Waals surface area (Å²) in [5, 5.41) is 3.03. The Labute approximate surface area is 201 Å². The number of amides is 1. The highest BCUT2D eigenvalue weighted by Gasteiger charge is 2.17. The van der Waals surface area contributed by atoms with E-state index in [1.54, 1.807) is 12.1 Å². The highest BCUT2D eigenvalue weighted by Crippen LogP contribution is 2.19. The fraction of sp³-hybridized carbons (Fsp3) is 0.321. The summed E-state index contributed by atoms with van der Waals surface area (Å²) in [5.74, 6) is 1.18. The zero-order chi connectivity index (χ0) is 23.6. The van der Waals surface area contributed by atoms with Crippen molar-refractivity contribution in [2.45, 2.75) is 26.1 Å². The molecule has 1 saturated heterocycles. The number of carbonyl (C=O) groups excluding carboxylic acids is 1. The van der Waals surface area contributed by atoms with E-state index < -0.39 is 0 Å². The van der Waals surface area contributed by atoms with Crippen LogP contribution >= 0.6 is 0 Å². The topological polar surface area (TPSA) is 60.0 Å². The van der Waals surface area contributed by atoms with Gasteiger partial charge in [-0.1, -0.05) is 54.6 Å². The van der Waals surface area contributed by atoms with Crippen LogP contribution in [0.1, 0.15) is 28.4 Å². The fourth-order valence-corrected chi connectivity index (χ4v) is 4.02. The summed E-state index contributed by atoms with van der Waals surface area (Å²) in [6, 6.07) is 25.2. The van der Waals surface area contributed by atoms with Crippen LogP contribution in [0.2, 0.25) is 0 Å². The average Bonchev–Trinajstić information content (AvgIpc) is 2.86. The number of rotatable bonds is 10. The first kappa shape index (κ1) is 23.8. The van der Waals surface area contributed by atoms with Crippen LogP contribution in [-0.2, 0) is 17.8 Å². The second kappa shape index (κ2) is 12.2. The van der Waals surface area contributed by atoms with E-state index in [0.717, 1.165) is 37.6 Å². The van der Waals surface area contributed by atoms with Crippen molar-refractivity contribution >= 4 is 5.91 Å². The minimum absolute atomic E-state index is 0.160. The third kappa shape index (κ3) is 7.07. The molecular weight excluding hydrogens is 428 g/mol. The molecule has 1 amide bonds. The summed E-state index contributed by atoms with van der Waals surface area (Å²) in [5.41, 5.74) is 2.82. The maximum absolute atomic E-state index is 12.9. The molecule has 3 aromatic rings. The lowest BCUT2D eigenvalue weighted by atomic mass is 10.1. The van der Waals surface area contributed by atoms with Crippen molar-refractivity contribution in [2.24, 2.45) is 0 Å². The Balaban J connectivity index is 1.28. The predicted octanol–water partition coefficient (Wildman–Crippen LogP) is 4.30. The monoisotopic (exact) mass is 460 g/mol. The molecule has 1 unspecified atom stereocenters. The molecule has 1 atom stereocenters. The zero-order valence-corrected chi connectivity index (χ0v) is 19.6. The number of ether oxygens (including phenoxy) is 3. The van der Waals surface area contributed by atoms with Gasteiger partial charge in [0.05, 0.1) is 18.3 Å². The van der Waals surface area contributed by atoms with E-state index in [0.29, 0.717) is 31.1 Å². The Hall–Kier alpha value is -3.35. The van der Waals surface area contributed by atoms with E-state index in [2.05, 4.69) is 29.3 Å². The second-order valence-electron chi connectivity index (χ2n) is 8.43. The van der Waals surface area contributed by atoms with Crippen molar-refractivity contribution in [2.75, 3.05) is 32.9 Å². The summed E-state index contributed by atoms with van der Waals surface area (Å²) in [6.45, 7) is 6.85. The van der Waals surface area contributed by atoms with Crippen molar-refractivity contribution in [1.82, 2.24) is 10.2 Å². The Morgan fingerprint density at radius 1 is 0.971 bits per heavy atom. The van der Waals surface area contributed by atoms with Crippen molar-refractivity contribution < 1.29 is 19.0 Å². The molecule has 1 heterocycles. The van der Waals surface area contributed by atoms with Crippen molar-refractivity contribution in [3.8, 4) is 11.5 Å². The molecule has 0 radical (unpaired) electrons. The van der Waals surface area contributed by atoms with Crippen molar-refractivity contribution in [3.63, 3.8) is 0 Å². The van der Waals surface area contributed by atoms with Crippen LogP contribution in [0.15, 0.2) is 78.9 Å². The Bertz CT molecular complexity index is 1060. The standard InChI is InChI=1S/C28H32N2O4/c1-22-20-30(14-15-32-22)21-24-9-7-8-23(18-24)19-29-28(31)26-12-5-6-13-27(26)34-17-16-33-25-10-3-2-4-11-25/h2-13,18,22H,14-17,19-21H2,1H3,(H,29,31). The van der Waals surface area contributed by atoms with E-state index in [9.17, 15) is 4.79 Å². The summed E-state index contributed by atoms with van der Waals surface area (Å²) >= 11 is 0. The van der Waals surface area contributed by atoms with E-state index in [1.807, 2.05) is 54.6 Å². The molecule has 3 aromatic carbocycles. The number of hydrogen-bond donors (Lipinski definition) is 1. The predicted molar refractivity (Wildman–Crippen MR) is 132 cm³/mol. The first-order chi connectivity index (χ1) is 16.7. The molecule has 6 nitrogen and oxygen atoms in total. The lowest BCUT2D eigenvalue weighted by Crippen LogP contribution is -2.40. The molecule has 1 N–H and O–H groups in total. The van der Waals surface area contributed by atoms with E-state index in [1.165, 1.54) is 5.56 Å². The van der Waals surface area contributed by atoms with Gasteiger partial charge in [-0.05, 0) is 42.3 Å². The Morgan fingerprint density at radius 3 is 2.59 bits per heavy atom. The van der Waals surface area contributed by atoms with Gasteiger partial charge in [-0.2, -0.15) is 0 Å². The molecule has 6 heteroatoms. The normalized spacial score (nSPS) is 16.1. The summed E-state index contributed by atoms with van der Waals surface area (Å²) in [4.78, 5) is 15.3. The molecule has 0 saturated carbocycles. The number of carbonyl (C=O) groups is 1. The van der Waals surface area contributed by atoms with Gasteiger partial charge in [0.25, 0.3) is 5.91 Å². The molecule has 0 spiro atoms. The Morgan fingerprint density at radius 2 is 1.74 bits per heavy atom. The van der Waals surface area contributed by atoms with Gasteiger partial charge < -0.3 is 19.5 Å². The number of nitrogens with zero attached hydrogens (tertiary/aromatic N) is 1. The van der Waals surface area contributed by atoms with Gasteiger partial charge in [-0.25, -0.2) is 0 Å². The van der Waals surface area contributed by atoms with Gasteiger partial charge in [-0.15, -0.1) is 0 Å². The minimum atomic E-state index is -0.160. The first-order valence-electron chi connectivity index (χ1n) is 11.8. The second-order valence-corrected chi connectivity index (χ2v) is 8.43. The SMILES string of the molecule is CC1CN(Cc2cccc(CNC(=O)c3ccccc3OCCOc3ccccc3)c2)CCO1. The smallest absolute Gasteiger partial charge is 0.255 e. The van der Waals surface area contributed by atoms with Gasteiger partial charge in [0.2, 0.25) is 0 Å². The van der Waals surface area contributed by atoms with E-state index >= 15 is 0 Å². The van der Waals surface area contributed by atoms with Gasteiger partial charge >= 0.3 is 0 Å². The van der Waals surface area contributed by atoms with Gasteiger partial charge in [0, 0.05) is 26.2 Å². The third-order valence-corrected chi connectivity index (χ3v) is 5.66. The van der Waals surface area contributed by atoms with Crippen LogP contribution in [0.25, 0.3) is 0 Å². The molecule has 34 heavy (non-hydrogen) atoms. The van der Waals surface area contributed by atoms with Gasteiger partial charge in [0.15, 0.2) is 0 Å². The molecule has 1 aliphatic heterocycles. The number of para-hydroxylation sites is 2. The summed E-state index contributed by atoms with van der Waals surface area (Å²) < 4.78 is 17.1. The molecule has 178 valence electrons. The van der Waals surface area contributed by atoms with Gasteiger partial charge in [-0.3, -0.25) is 9.69 Å².